The highest BCUT2D eigenvalue weighted by molar-refractivity contribution is 6.01. The third-order valence-corrected chi connectivity index (χ3v) is 3.13. The van der Waals surface area contributed by atoms with Gasteiger partial charge >= 0.3 is 0 Å². The third kappa shape index (κ3) is 3.76. The van der Waals surface area contributed by atoms with Crippen molar-refractivity contribution in [2.45, 2.75) is 46.0 Å². The Hall–Kier alpha value is -1.97. The zero-order valence-corrected chi connectivity index (χ0v) is 12.1. The summed E-state index contributed by atoms with van der Waals surface area (Å²) in [5, 5.41) is 29.7. The van der Waals surface area contributed by atoms with Crippen LogP contribution >= 0.6 is 0 Å². The average Bonchev–Trinajstić information content (AvgIpc) is 2.34. The molecule has 0 amide bonds. The van der Waals surface area contributed by atoms with E-state index in [4.69, 9.17) is 0 Å². The SMILES string of the molecule is C=C(C)Cc1c(O)cc(O)c(C(=O)CCCCC)c1O. The smallest absolute Gasteiger partial charge is 0.170 e. The molecule has 3 N–H and O–H groups in total. The monoisotopic (exact) mass is 278 g/mol. The highest BCUT2D eigenvalue weighted by Crippen LogP contribution is 2.39. The minimum absolute atomic E-state index is 0.102. The molecule has 0 aromatic heterocycles. The molecule has 4 nitrogen and oxygen atoms in total. The number of ketones is 1. The number of aromatic hydroxyl groups is 3. The molecule has 0 fully saturated rings. The largest absolute Gasteiger partial charge is 0.507 e. The predicted octanol–water partition coefficient (Wildman–Crippen LogP) is 3.69. The number of allylic oxidation sites excluding steroid dienone is 1. The molecule has 0 aliphatic heterocycles. The summed E-state index contributed by atoms with van der Waals surface area (Å²) < 4.78 is 0. The van der Waals surface area contributed by atoms with Gasteiger partial charge in [-0.2, -0.15) is 0 Å². The van der Waals surface area contributed by atoms with E-state index in [9.17, 15) is 20.1 Å². The van der Waals surface area contributed by atoms with Crippen molar-refractivity contribution in [1.82, 2.24) is 0 Å². The van der Waals surface area contributed by atoms with Crippen LogP contribution in [0.3, 0.4) is 0 Å². The fourth-order valence-corrected chi connectivity index (χ4v) is 2.09. The zero-order chi connectivity index (χ0) is 15.3. The van der Waals surface area contributed by atoms with Crippen LogP contribution in [0.15, 0.2) is 18.2 Å². The van der Waals surface area contributed by atoms with Gasteiger partial charge in [0, 0.05) is 24.5 Å². The lowest BCUT2D eigenvalue weighted by atomic mass is 9.96. The van der Waals surface area contributed by atoms with Crippen LogP contribution in [-0.2, 0) is 6.42 Å². The van der Waals surface area contributed by atoms with Gasteiger partial charge in [-0.3, -0.25) is 4.79 Å². The molecule has 0 radical (unpaired) electrons. The Morgan fingerprint density at radius 1 is 1.20 bits per heavy atom. The number of unbranched alkanes of at least 4 members (excludes halogenated alkanes) is 2. The molecule has 0 aliphatic carbocycles. The van der Waals surface area contributed by atoms with Gasteiger partial charge in [0.25, 0.3) is 0 Å². The van der Waals surface area contributed by atoms with E-state index in [0.717, 1.165) is 24.5 Å². The lowest BCUT2D eigenvalue weighted by Crippen LogP contribution is -2.03. The maximum Gasteiger partial charge on any atom is 0.170 e. The normalized spacial score (nSPS) is 10.5. The van der Waals surface area contributed by atoms with Crippen LogP contribution in [-0.4, -0.2) is 21.1 Å². The Labute approximate surface area is 119 Å². The molecule has 1 aromatic rings. The molecule has 0 unspecified atom stereocenters. The zero-order valence-electron chi connectivity index (χ0n) is 12.1. The Bertz CT molecular complexity index is 518. The van der Waals surface area contributed by atoms with Crippen molar-refractivity contribution in [3.63, 3.8) is 0 Å². The Kier molecular flexibility index (Phi) is 5.62. The summed E-state index contributed by atoms with van der Waals surface area (Å²) in [5.41, 5.74) is 0.870. The summed E-state index contributed by atoms with van der Waals surface area (Å²) in [6, 6.07) is 1.10. The van der Waals surface area contributed by atoms with Crippen LogP contribution in [0.2, 0.25) is 0 Å². The molecule has 20 heavy (non-hydrogen) atoms. The van der Waals surface area contributed by atoms with Crippen LogP contribution in [0.1, 0.15) is 55.5 Å². The van der Waals surface area contributed by atoms with E-state index >= 15 is 0 Å². The van der Waals surface area contributed by atoms with E-state index in [1.807, 2.05) is 6.92 Å². The molecule has 4 heteroatoms. The quantitative estimate of drug-likeness (QED) is 0.404. The number of phenolic OH excluding ortho intramolecular Hbond substituents is 3. The lowest BCUT2D eigenvalue weighted by Gasteiger charge is -2.13. The fourth-order valence-electron chi connectivity index (χ4n) is 2.09. The molecule has 0 spiro atoms. The topological polar surface area (TPSA) is 77.8 Å². The van der Waals surface area contributed by atoms with Crippen molar-refractivity contribution in [3.05, 3.63) is 29.3 Å². The number of hydrogen-bond acceptors (Lipinski definition) is 4. The van der Waals surface area contributed by atoms with Gasteiger partial charge in [-0.1, -0.05) is 31.9 Å². The van der Waals surface area contributed by atoms with Crippen molar-refractivity contribution >= 4 is 5.78 Å². The summed E-state index contributed by atoms with van der Waals surface area (Å²) in [6.07, 6.45) is 3.15. The lowest BCUT2D eigenvalue weighted by molar-refractivity contribution is 0.0973. The summed E-state index contributed by atoms with van der Waals surface area (Å²) in [7, 11) is 0. The number of benzene rings is 1. The first-order chi connectivity index (χ1) is 9.38. The minimum atomic E-state index is -0.382. The van der Waals surface area contributed by atoms with Gasteiger partial charge in [0.15, 0.2) is 5.78 Å². The van der Waals surface area contributed by atoms with E-state index in [1.165, 1.54) is 0 Å². The highest BCUT2D eigenvalue weighted by Gasteiger charge is 2.22. The van der Waals surface area contributed by atoms with Gasteiger partial charge in [0.1, 0.15) is 22.8 Å². The van der Waals surface area contributed by atoms with Crippen molar-refractivity contribution in [3.8, 4) is 17.2 Å². The Morgan fingerprint density at radius 3 is 2.40 bits per heavy atom. The van der Waals surface area contributed by atoms with E-state index < -0.39 is 0 Å². The van der Waals surface area contributed by atoms with Gasteiger partial charge in [0.2, 0.25) is 0 Å². The summed E-state index contributed by atoms with van der Waals surface area (Å²) in [5.74, 6) is -1.26. The number of rotatable bonds is 7. The molecule has 0 heterocycles. The van der Waals surface area contributed by atoms with Crippen molar-refractivity contribution in [2.75, 3.05) is 0 Å². The Morgan fingerprint density at radius 2 is 1.85 bits per heavy atom. The maximum atomic E-state index is 12.1. The number of hydrogen-bond donors (Lipinski definition) is 3. The van der Waals surface area contributed by atoms with E-state index in [0.29, 0.717) is 6.42 Å². The average molecular weight is 278 g/mol. The summed E-state index contributed by atoms with van der Waals surface area (Å²) >= 11 is 0. The molecular weight excluding hydrogens is 256 g/mol. The highest BCUT2D eigenvalue weighted by atomic mass is 16.3. The van der Waals surface area contributed by atoms with Gasteiger partial charge in [0.05, 0.1) is 0 Å². The van der Waals surface area contributed by atoms with Crippen LogP contribution < -0.4 is 0 Å². The molecule has 0 aliphatic rings. The number of phenols is 3. The standard InChI is InChI=1S/C16H22O4/c1-4-5-6-7-12(17)15-14(19)9-13(18)11(16(15)20)8-10(2)3/h9,18-20H,2,4-8H2,1,3H3. The van der Waals surface area contributed by atoms with E-state index in [-0.39, 0.29) is 47.0 Å². The molecule has 1 rings (SSSR count). The molecular formula is C16H22O4. The predicted molar refractivity (Wildman–Crippen MR) is 78.4 cm³/mol. The second-order valence-corrected chi connectivity index (χ2v) is 5.13. The van der Waals surface area contributed by atoms with Gasteiger partial charge in [-0.25, -0.2) is 0 Å². The minimum Gasteiger partial charge on any atom is -0.507 e. The van der Waals surface area contributed by atoms with Gasteiger partial charge in [-0.05, 0) is 13.3 Å². The van der Waals surface area contributed by atoms with E-state index in [1.54, 1.807) is 6.92 Å². The molecule has 1 aromatic carbocycles. The van der Waals surface area contributed by atoms with Crippen molar-refractivity contribution in [2.24, 2.45) is 0 Å². The molecule has 0 bridgehead atoms. The second kappa shape index (κ2) is 6.98. The first-order valence-corrected chi connectivity index (χ1v) is 6.82. The van der Waals surface area contributed by atoms with E-state index in [2.05, 4.69) is 6.58 Å². The first-order valence-electron chi connectivity index (χ1n) is 6.82. The number of carbonyl (C=O) groups is 1. The maximum absolute atomic E-state index is 12.1. The van der Waals surface area contributed by atoms with Crippen molar-refractivity contribution < 1.29 is 20.1 Å². The van der Waals surface area contributed by atoms with Gasteiger partial charge < -0.3 is 15.3 Å². The van der Waals surface area contributed by atoms with Crippen LogP contribution in [0.5, 0.6) is 17.2 Å². The Balaban J connectivity index is 3.12. The van der Waals surface area contributed by atoms with Crippen LogP contribution in [0.25, 0.3) is 0 Å². The van der Waals surface area contributed by atoms with Crippen LogP contribution in [0, 0.1) is 0 Å². The number of carbonyl (C=O) groups excluding carboxylic acids is 1. The molecule has 0 atom stereocenters. The third-order valence-electron chi connectivity index (χ3n) is 3.13. The molecule has 110 valence electrons. The summed E-state index contributed by atoms with van der Waals surface area (Å²) in [6.45, 7) is 7.51. The van der Waals surface area contributed by atoms with Crippen molar-refractivity contribution in [1.29, 1.82) is 0 Å². The molecule has 0 saturated carbocycles. The van der Waals surface area contributed by atoms with Gasteiger partial charge in [-0.15, -0.1) is 0 Å². The fraction of sp³-hybridized carbons (Fsp3) is 0.438. The van der Waals surface area contributed by atoms with Crippen LogP contribution in [0.4, 0.5) is 0 Å². The molecule has 0 saturated heterocycles. The summed E-state index contributed by atoms with van der Waals surface area (Å²) in [4.78, 5) is 12.1. The number of Topliss-reactive ketones (excluding diaryl/α,β-unsaturated/α-hetero) is 1. The first kappa shape index (κ1) is 16.1. The second-order valence-electron chi connectivity index (χ2n) is 5.13.